The van der Waals surface area contributed by atoms with Crippen molar-refractivity contribution in [3.63, 3.8) is 0 Å². The summed E-state index contributed by atoms with van der Waals surface area (Å²) in [6.07, 6.45) is 1.81. The van der Waals surface area contributed by atoms with Gasteiger partial charge in [-0.3, -0.25) is 4.79 Å². The lowest BCUT2D eigenvalue weighted by Gasteiger charge is -2.27. The quantitative estimate of drug-likeness (QED) is 0.668. The van der Waals surface area contributed by atoms with Gasteiger partial charge in [-0.2, -0.15) is 0 Å². The van der Waals surface area contributed by atoms with Crippen LogP contribution in [0.25, 0.3) is 0 Å². The summed E-state index contributed by atoms with van der Waals surface area (Å²) in [4.78, 5) is 17.3. The van der Waals surface area contributed by atoms with Gasteiger partial charge in [0.15, 0.2) is 6.61 Å². The van der Waals surface area contributed by atoms with Gasteiger partial charge >= 0.3 is 0 Å². The molecular formula is C12H16N2O2. The first kappa shape index (κ1) is 10.9. The summed E-state index contributed by atoms with van der Waals surface area (Å²) in [7, 11) is 1.75. The summed E-state index contributed by atoms with van der Waals surface area (Å²) in [6, 6.07) is 1.97. The molecule has 86 valence electrons. The number of nitrogens with zero attached hydrogens (tertiary/aromatic N) is 2. The van der Waals surface area contributed by atoms with Crippen molar-refractivity contribution in [2.45, 2.75) is 26.2 Å². The predicted molar refractivity (Wildman–Crippen MR) is 61.8 cm³/mol. The highest BCUT2D eigenvalue weighted by Crippen LogP contribution is 2.33. The van der Waals surface area contributed by atoms with Crippen LogP contribution in [0.4, 0.5) is 5.69 Å². The minimum atomic E-state index is -0.0413. The van der Waals surface area contributed by atoms with Gasteiger partial charge < -0.3 is 9.64 Å². The molecule has 1 aliphatic rings. The fraction of sp³-hybridized carbons (Fsp3) is 0.500. The number of fused-ring (bicyclic) bond motifs is 1. The molecule has 0 bridgehead atoms. The molecular weight excluding hydrogens is 204 g/mol. The van der Waals surface area contributed by atoms with E-state index in [-0.39, 0.29) is 17.9 Å². The van der Waals surface area contributed by atoms with Crippen LogP contribution in [0.5, 0.6) is 5.88 Å². The van der Waals surface area contributed by atoms with E-state index < -0.39 is 0 Å². The monoisotopic (exact) mass is 220 g/mol. The van der Waals surface area contributed by atoms with Crippen molar-refractivity contribution >= 4 is 11.6 Å². The second-order valence-electron chi connectivity index (χ2n) is 5.04. The van der Waals surface area contributed by atoms with Crippen LogP contribution < -0.4 is 9.64 Å². The molecule has 0 fully saturated rings. The third-order valence-corrected chi connectivity index (χ3v) is 2.77. The molecule has 0 atom stereocenters. The number of hydrogen-bond acceptors (Lipinski definition) is 3. The Hall–Kier alpha value is -1.58. The largest absolute Gasteiger partial charge is 0.466 e. The van der Waals surface area contributed by atoms with E-state index in [4.69, 9.17) is 4.74 Å². The summed E-state index contributed by atoms with van der Waals surface area (Å²) in [5.74, 6) is 0.496. The van der Waals surface area contributed by atoms with Crippen LogP contribution in [-0.4, -0.2) is 24.5 Å². The molecule has 2 heterocycles. The van der Waals surface area contributed by atoms with E-state index >= 15 is 0 Å². The highest BCUT2D eigenvalue weighted by molar-refractivity contribution is 5.96. The minimum absolute atomic E-state index is 0.0172. The number of rotatable bonds is 0. The number of aromatic nitrogens is 1. The molecule has 0 saturated carbocycles. The molecule has 4 heteroatoms. The van der Waals surface area contributed by atoms with E-state index in [0.29, 0.717) is 5.88 Å². The number of pyridine rings is 1. The average molecular weight is 220 g/mol. The van der Waals surface area contributed by atoms with Gasteiger partial charge in [-0.25, -0.2) is 4.98 Å². The van der Waals surface area contributed by atoms with Gasteiger partial charge in [0.25, 0.3) is 5.91 Å². The smallest absolute Gasteiger partial charge is 0.264 e. The van der Waals surface area contributed by atoms with Crippen LogP contribution in [0, 0.1) is 0 Å². The summed E-state index contributed by atoms with van der Waals surface area (Å²) in [6.45, 7) is 6.41. The van der Waals surface area contributed by atoms with Crippen molar-refractivity contribution in [2.24, 2.45) is 0 Å². The van der Waals surface area contributed by atoms with Crippen LogP contribution in [0.15, 0.2) is 12.3 Å². The van der Waals surface area contributed by atoms with Crippen molar-refractivity contribution in [3.05, 3.63) is 17.8 Å². The highest BCUT2D eigenvalue weighted by Gasteiger charge is 2.25. The molecule has 0 saturated heterocycles. The van der Waals surface area contributed by atoms with E-state index in [1.54, 1.807) is 11.9 Å². The Kier molecular flexibility index (Phi) is 2.37. The van der Waals surface area contributed by atoms with E-state index in [0.717, 1.165) is 11.3 Å². The van der Waals surface area contributed by atoms with Gasteiger partial charge in [0, 0.05) is 13.2 Å². The first-order valence-electron chi connectivity index (χ1n) is 5.29. The SMILES string of the molecule is CN1C(=O)COc2ncc(C(C)(C)C)cc21. The lowest BCUT2D eigenvalue weighted by molar-refractivity contribution is -0.121. The number of anilines is 1. The van der Waals surface area contributed by atoms with Crippen LogP contribution in [0.1, 0.15) is 26.3 Å². The first-order valence-corrected chi connectivity index (χ1v) is 5.29. The zero-order valence-electron chi connectivity index (χ0n) is 10.1. The third-order valence-electron chi connectivity index (χ3n) is 2.77. The van der Waals surface area contributed by atoms with Gasteiger partial charge in [-0.05, 0) is 17.0 Å². The Morgan fingerprint density at radius 3 is 2.75 bits per heavy atom. The van der Waals surface area contributed by atoms with Crippen molar-refractivity contribution in [1.82, 2.24) is 4.98 Å². The Labute approximate surface area is 95.2 Å². The Balaban J connectivity index is 2.48. The topological polar surface area (TPSA) is 42.4 Å². The van der Waals surface area contributed by atoms with E-state index in [1.807, 2.05) is 12.3 Å². The summed E-state index contributed by atoms with van der Waals surface area (Å²) < 4.78 is 5.27. The second-order valence-corrected chi connectivity index (χ2v) is 5.04. The summed E-state index contributed by atoms with van der Waals surface area (Å²) in [5, 5.41) is 0. The summed E-state index contributed by atoms with van der Waals surface area (Å²) >= 11 is 0. The minimum Gasteiger partial charge on any atom is -0.466 e. The molecule has 4 nitrogen and oxygen atoms in total. The summed E-state index contributed by atoms with van der Waals surface area (Å²) in [5.41, 5.74) is 1.86. The van der Waals surface area contributed by atoms with Gasteiger partial charge in [0.1, 0.15) is 5.69 Å². The van der Waals surface area contributed by atoms with Gasteiger partial charge in [0.05, 0.1) is 0 Å². The van der Waals surface area contributed by atoms with Crippen molar-refractivity contribution in [3.8, 4) is 5.88 Å². The number of likely N-dealkylation sites (N-methyl/N-ethyl adjacent to an activating group) is 1. The lowest BCUT2D eigenvalue weighted by Crippen LogP contribution is -2.36. The van der Waals surface area contributed by atoms with Gasteiger partial charge in [0.2, 0.25) is 5.88 Å². The van der Waals surface area contributed by atoms with E-state index in [1.165, 1.54) is 0 Å². The second kappa shape index (κ2) is 3.47. The number of amides is 1. The van der Waals surface area contributed by atoms with Crippen molar-refractivity contribution < 1.29 is 9.53 Å². The number of ether oxygens (including phenoxy) is 1. The molecule has 0 aliphatic carbocycles. The molecule has 1 aromatic rings. The maximum atomic E-state index is 11.5. The average Bonchev–Trinajstić information content (AvgIpc) is 2.22. The molecule has 1 aliphatic heterocycles. The van der Waals surface area contributed by atoms with Gasteiger partial charge in [-0.1, -0.05) is 20.8 Å². The highest BCUT2D eigenvalue weighted by atomic mass is 16.5. The lowest BCUT2D eigenvalue weighted by atomic mass is 9.88. The maximum absolute atomic E-state index is 11.5. The Bertz CT molecular complexity index is 435. The first-order chi connectivity index (χ1) is 7.39. The standard InChI is InChI=1S/C12H16N2O2/c1-12(2,3)8-5-9-11(13-6-8)16-7-10(15)14(9)4/h5-6H,7H2,1-4H3. The molecule has 0 aromatic carbocycles. The van der Waals surface area contributed by atoms with E-state index in [2.05, 4.69) is 25.8 Å². The molecule has 0 radical (unpaired) electrons. The fourth-order valence-corrected chi connectivity index (χ4v) is 1.56. The van der Waals surface area contributed by atoms with E-state index in [9.17, 15) is 4.79 Å². The molecule has 1 amide bonds. The van der Waals surface area contributed by atoms with Crippen LogP contribution in [0.3, 0.4) is 0 Å². The van der Waals surface area contributed by atoms with Crippen LogP contribution >= 0.6 is 0 Å². The molecule has 16 heavy (non-hydrogen) atoms. The zero-order valence-corrected chi connectivity index (χ0v) is 10.1. The van der Waals surface area contributed by atoms with Crippen molar-refractivity contribution in [2.75, 3.05) is 18.6 Å². The molecule has 0 N–H and O–H groups in total. The Morgan fingerprint density at radius 2 is 2.12 bits per heavy atom. The third kappa shape index (κ3) is 1.75. The van der Waals surface area contributed by atoms with Crippen LogP contribution in [-0.2, 0) is 10.2 Å². The van der Waals surface area contributed by atoms with Crippen LogP contribution in [0.2, 0.25) is 0 Å². The normalized spacial score (nSPS) is 15.8. The molecule has 0 unspecified atom stereocenters. The maximum Gasteiger partial charge on any atom is 0.264 e. The number of carbonyl (C=O) groups is 1. The fourth-order valence-electron chi connectivity index (χ4n) is 1.56. The number of carbonyl (C=O) groups excluding carboxylic acids is 1. The molecule has 2 rings (SSSR count). The predicted octanol–water partition coefficient (Wildman–Crippen LogP) is 1.73. The number of hydrogen-bond donors (Lipinski definition) is 0. The van der Waals surface area contributed by atoms with Crippen molar-refractivity contribution in [1.29, 1.82) is 0 Å². The van der Waals surface area contributed by atoms with Gasteiger partial charge in [-0.15, -0.1) is 0 Å². The Morgan fingerprint density at radius 1 is 1.44 bits per heavy atom. The molecule has 0 spiro atoms. The molecule has 1 aromatic heterocycles. The zero-order chi connectivity index (χ0) is 11.9.